The van der Waals surface area contributed by atoms with Gasteiger partial charge >= 0.3 is 0 Å². The predicted molar refractivity (Wildman–Crippen MR) is 157 cm³/mol. The van der Waals surface area contributed by atoms with Crippen LogP contribution in [0.15, 0.2) is 36.1 Å². The number of aromatic nitrogens is 5. The van der Waals surface area contributed by atoms with Crippen molar-refractivity contribution < 1.29 is 14.7 Å². The molecule has 42 heavy (non-hydrogen) atoms. The molecule has 2 atom stereocenters. The maximum Gasteiger partial charge on any atom is 0.256 e. The lowest BCUT2D eigenvalue weighted by molar-refractivity contribution is -0.00361. The lowest BCUT2D eigenvalue weighted by atomic mass is 9.86. The second kappa shape index (κ2) is 8.75. The largest absolute Gasteiger partial charge is 0.395 e. The number of anilines is 3. The molecule has 2 amide bonds. The number of thiazole rings is 2. The average molecular weight is 602 g/mol. The highest BCUT2D eigenvalue weighted by molar-refractivity contribution is 7.16. The molecule has 7 heterocycles. The van der Waals surface area contributed by atoms with Crippen LogP contribution in [0, 0.1) is 19.3 Å². The molecule has 3 saturated heterocycles. The Balaban J connectivity index is 0.943. The summed E-state index contributed by atoms with van der Waals surface area (Å²) in [5, 5.41) is 18.5. The normalized spacial score (nSPS) is 26.2. The number of piperazine rings is 1. The van der Waals surface area contributed by atoms with Gasteiger partial charge in [-0.15, -0.1) is 22.7 Å². The number of hydrogen-bond donors (Lipinski definition) is 3. The molecule has 9 rings (SSSR count). The number of piperidine rings is 2. The van der Waals surface area contributed by atoms with E-state index in [1.807, 2.05) is 31.4 Å². The topological polar surface area (TPSA) is 149 Å². The number of aliphatic hydroxyl groups excluding tert-OH is 1. The molecule has 2 bridgehead atoms. The van der Waals surface area contributed by atoms with Crippen molar-refractivity contribution in [3.8, 4) is 10.6 Å². The Bertz CT molecular complexity index is 1730. The van der Waals surface area contributed by atoms with Gasteiger partial charge in [0.1, 0.15) is 5.82 Å². The molecule has 214 valence electrons. The Hall–Kier alpha value is -4.01. The summed E-state index contributed by atoms with van der Waals surface area (Å²) in [6, 6.07) is 3.66. The highest BCUT2D eigenvalue weighted by Crippen LogP contribution is 2.94. The zero-order valence-corrected chi connectivity index (χ0v) is 24.6. The van der Waals surface area contributed by atoms with E-state index >= 15 is 0 Å². The Morgan fingerprint density at radius 1 is 1.02 bits per heavy atom. The van der Waals surface area contributed by atoms with Crippen molar-refractivity contribution in [2.24, 2.45) is 5.41 Å². The zero-order valence-electron chi connectivity index (χ0n) is 22.9. The van der Waals surface area contributed by atoms with E-state index in [0.29, 0.717) is 36.0 Å². The van der Waals surface area contributed by atoms with E-state index in [9.17, 15) is 9.59 Å². The van der Waals surface area contributed by atoms with Gasteiger partial charge in [0.05, 0.1) is 50.1 Å². The Morgan fingerprint density at radius 3 is 2.40 bits per heavy atom. The highest BCUT2D eigenvalue weighted by Gasteiger charge is 3.03. The summed E-state index contributed by atoms with van der Waals surface area (Å²) in [5.74, 6) is 0.898. The van der Waals surface area contributed by atoms with Crippen LogP contribution in [0.1, 0.15) is 44.3 Å². The van der Waals surface area contributed by atoms with Crippen LogP contribution in [-0.2, 0) is 0 Å². The van der Waals surface area contributed by atoms with Gasteiger partial charge in [0.2, 0.25) is 5.95 Å². The van der Waals surface area contributed by atoms with E-state index < -0.39 is 0 Å². The van der Waals surface area contributed by atoms with Gasteiger partial charge in [-0.3, -0.25) is 9.59 Å². The summed E-state index contributed by atoms with van der Waals surface area (Å²) in [6.45, 7) is 5.39. The van der Waals surface area contributed by atoms with Crippen molar-refractivity contribution in [3.05, 3.63) is 57.9 Å². The van der Waals surface area contributed by atoms with Crippen LogP contribution in [0.25, 0.3) is 10.6 Å². The van der Waals surface area contributed by atoms with Crippen molar-refractivity contribution in [3.63, 3.8) is 0 Å². The fourth-order valence-corrected chi connectivity index (χ4v) is 9.03. The van der Waals surface area contributed by atoms with Crippen LogP contribution >= 0.6 is 22.7 Å². The van der Waals surface area contributed by atoms with Crippen LogP contribution in [-0.4, -0.2) is 84.1 Å². The maximum atomic E-state index is 13.8. The predicted octanol–water partition coefficient (Wildman–Crippen LogP) is 2.78. The summed E-state index contributed by atoms with van der Waals surface area (Å²) in [6.07, 6.45) is 6.67. The van der Waals surface area contributed by atoms with Crippen molar-refractivity contribution in [2.75, 3.05) is 36.5 Å². The molecule has 14 heteroatoms. The van der Waals surface area contributed by atoms with Gasteiger partial charge in [0.25, 0.3) is 11.8 Å². The number of nitrogens with zero attached hydrogens (tertiary/aromatic N) is 7. The van der Waals surface area contributed by atoms with E-state index in [0.717, 1.165) is 39.2 Å². The van der Waals surface area contributed by atoms with Gasteiger partial charge in [-0.2, -0.15) is 0 Å². The number of nitrogens with one attached hydrogen (secondary N) is 2. The Labute approximate surface area is 248 Å². The minimum absolute atomic E-state index is 0.0173. The number of hydrogen-bond acceptors (Lipinski definition) is 12. The average Bonchev–Trinajstić information content (AvgIpc) is 3.52. The second-order valence-corrected chi connectivity index (χ2v) is 13.6. The smallest absolute Gasteiger partial charge is 0.256 e. The number of carbonyl (C=O) groups is 2. The lowest BCUT2D eigenvalue weighted by Gasteiger charge is -2.56. The van der Waals surface area contributed by atoms with Gasteiger partial charge in [-0.25, -0.2) is 24.9 Å². The van der Waals surface area contributed by atoms with Crippen molar-refractivity contribution in [2.45, 2.75) is 37.8 Å². The first-order valence-electron chi connectivity index (χ1n) is 13.7. The molecule has 2 unspecified atom stereocenters. The Kier molecular flexibility index (Phi) is 5.35. The standard InChI is InChI=1S/C28H27N9O3S2/c1-15-21(42-16(2)33-15)19-10-41-25(34-19)35-20-4-3-17(7-30-20)23(40)37-27-11-26(27)12-28(26,37)14-36(13-27)24-31-8-18(9-32-24)22(39)29-5-6-38/h3-4,7-10,38H,5-6,11-14H2,1-2H3,(H,29,39)(H,30,34,35). The molecule has 3 N–H and O–H groups in total. The molecule has 12 nitrogen and oxygen atoms in total. The lowest BCUT2D eigenvalue weighted by Crippen LogP contribution is -2.72. The second-order valence-electron chi connectivity index (χ2n) is 11.5. The fraction of sp³-hybridized carbons (Fsp3) is 0.393. The number of carbonyl (C=O) groups excluding carboxylic acids is 2. The minimum Gasteiger partial charge on any atom is -0.395 e. The molecule has 4 aromatic rings. The van der Waals surface area contributed by atoms with E-state index in [-0.39, 0.29) is 41.5 Å². The zero-order chi connectivity index (χ0) is 28.9. The van der Waals surface area contributed by atoms with E-state index in [1.165, 1.54) is 23.7 Å². The molecule has 0 radical (unpaired) electrons. The van der Waals surface area contributed by atoms with Crippen molar-refractivity contribution in [1.29, 1.82) is 0 Å². The molecule has 5 fully saturated rings. The summed E-state index contributed by atoms with van der Waals surface area (Å²) in [5.41, 5.74) is 2.66. The fourth-order valence-electron chi connectivity index (χ4n) is 7.36. The molecule has 4 aromatic heterocycles. The summed E-state index contributed by atoms with van der Waals surface area (Å²) in [4.78, 5) is 53.8. The van der Waals surface area contributed by atoms with Crippen LogP contribution in [0.3, 0.4) is 0 Å². The molecular weight excluding hydrogens is 575 g/mol. The quantitative estimate of drug-likeness (QED) is 0.275. The van der Waals surface area contributed by atoms with Crippen molar-refractivity contribution in [1.82, 2.24) is 35.1 Å². The molecule has 2 saturated carbocycles. The van der Waals surface area contributed by atoms with Crippen LogP contribution < -0.4 is 15.5 Å². The first kappa shape index (κ1) is 25.7. The third-order valence-electron chi connectivity index (χ3n) is 9.15. The van der Waals surface area contributed by atoms with E-state index in [1.54, 1.807) is 17.5 Å². The molecular formula is C28H27N9O3S2. The number of rotatable bonds is 8. The number of aryl methyl sites for hydroxylation is 2. The van der Waals surface area contributed by atoms with Gasteiger partial charge < -0.3 is 25.5 Å². The first-order valence-corrected chi connectivity index (χ1v) is 15.4. The highest BCUT2D eigenvalue weighted by atomic mass is 32.1. The van der Waals surface area contributed by atoms with Gasteiger partial charge in [-0.1, -0.05) is 0 Å². The first-order chi connectivity index (χ1) is 20.3. The van der Waals surface area contributed by atoms with Gasteiger partial charge in [-0.05, 0) is 38.8 Å². The summed E-state index contributed by atoms with van der Waals surface area (Å²) in [7, 11) is 0. The van der Waals surface area contributed by atoms with Gasteiger partial charge in [0.15, 0.2) is 5.13 Å². The van der Waals surface area contributed by atoms with Crippen LogP contribution in [0.4, 0.5) is 16.9 Å². The third kappa shape index (κ3) is 3.45. The van der Waals surface area contributed by atoms with E-state index in [2.05, 4.69) is 40.4 Å². The van der Waals surface area contributed by atoms with Crippen LogP contribution in [0.2, 0.25) is 0 Å². The molecule has 2 aliphatic carbocycles. The monoisotopic (exact) mass is 601 g/mol. The SMILES string of the molecule is Cc1nc(C)c(-c2csc(Nc3ccc(C(=O)N4C56CN(c7ncc(C(=O)NCCO)cn7)CC47CC57C6)cn3)n2)s1. The Morgan fingerprint density at radius 2 is 1.76 bits per heavy atom. The molecule has 0 aromatic carbocycles. The van der Waals surface area contributed by atoms with E-state index in [4.69, 9.17) is 10.1 Å². The van der Waals surface area contributed by atoms with Crippen LogP contribution in [0.5, 0.6) is 0 Å². The van der Waals surface area contributed by atoms with Gasteiger partial charge in [0, 0.05) is 49.0 Å². The number of fused-ring (bicyclic) bond motifs is 2. The van der Waals surface area contributed by atoms with Crippen molar-refractivity contribution >= 4 is 51.4 Å². The minimum atomic E-state index is -0.318. The molecule has 5 aliphatic rings. The summed E-state index contributed by atoms with van der Waals surface area (Å²) >= 11 is 3.14. The number of pyridine rings is 1. The molecule has 3 aliphatic heterocycles. The molecule has 3 spiro atoms. The summed E-state index contributed by atoms with van der Waals surface area (Å²) < 4.78 is 0. The maximum absolute atomic E-state index is 13.8. The number of aliphatic hydroxyl groups is 1. The number of amides is 2. The third-order valence-corrected chi connectivity index (χ3v) is 11.0.